The summed E-state index contributed by atoms with van der Waals surface area (Å²) in [5.74, 6) is -0.676. The largest absolute Gasteiger partial charge is 0.435 e. The fourth-order valence-electron chi connectivity index (χ4n) is 2.59. The Balaban J connectivity index is 2.27. The number of hydrogen-bond acceptors (Lipinski definition) is 5. The molecule has 2 amide bonds. The second-order valence-corrected chi connectivity index (χ2v) is 6.02. The van der Waals surface area contributed by atoms with Crippen LogP contribution in [0.2, 0.25) is 0 Å². The molecule has 0 radical (unpaired) electrons. The van der Waals surface area contributed by atoms with Crippen LogP contribution in [0.3, 0.4) is 0 Å². The van der Waals surface area contributed by atoms with Crippen LogP contribution in [0.5, 0.6) is 0 Å². The number of benzene rings is 2. The maximum Gasteiger partial charge on any atom is 0.432 e. The first-order valence-corrected chi connectivity index (χ1v) is 9.21. The highest BCUT2D eigenvalue weighted by Crippen LogP contribution is 2.28. The van der Waals surface area contributed by atoms with Gasteiger partial charge in [-0.1, -0.05) is 54.6 Å². The van der Waals surface area contributed by atoms with E-state index in [0.717, 1.165) is 16.7 Å². The van der Waals surface area contributed by atoms with Gasteiger partial charge in [-0.15, -0.1) is 0 Å². The Kier molecular flexibility index (Phi) is 8.45. The third kappa shape index (κ3) is 6.07. The van der Waals surface area contributed by atoms with Crippen LogP contribution in [0.25, 0.3) is 0 Å². The first kappa shape index (κ1) is 21.4. The molecular weight excluding hydrogens is 360 g/mol. The molecule has 0 aliphatic rings. The Morgan fingerprint density at radius 1 is 0.857 bits per heavy atom. The summed E-state index contributed by atoms with van der Waals surface area (Å²) in [4.78, 5) is 34.2. The number of carbonyl (C=O) groups excluding carboxylic acids is 2. The molecule has 2 rings (SSSR count). The molecule has 0 saturated carbocycles. The highest BCUT2D eigenvalue weighted by molar-refractivity contribution is 5.82. The third-order valence-corrected chi connectivity index (χ3v) is 4.05. The predicted molar refractivity (Wildman–Crippen MR) is 104 cm³/mol. The summed E-state index contributed by atoms with van der Waals surface area (Å²) < 4.78 is 5.58. The lowest BCUT2D eigenvalue weighted by Crippen LogP contribution is -2.28. The van der Waals surface area contributed by atoms with Gasteiger partial charge in [-0.25, -0.2) is 10.3 Å². The summed E-state index contributed by atoms with van der Waals surface area (Å²) in [5.41, 5.74) is 6.98. The zero-order valence-electron chi connectivity index (χ0n) is 16.3. The second kappa shape index (κ2) is 11.1. The Bertz CT molecular complexity index is 766. The number of amides is 2. The van der Waals surface area contributed by atoms with Gasteiger partial charge >= 0.3 is 6.09 Å². The van der Waals surface area contributed by atoms with Crippen molar-refractivity contribution in [3.63, 3.8) is 0 Å². The van der Waals surface area contributed by atoms with Crippen molar-refractivity contribution in [1.29, 1.82) is 0 Å². The number of carbonyl (C=O) groups is 2. The van der Waals surface area contributed by atoms with Gasteiger partial charge in [0.05, 0.1) is 19.1 Å². The van der Waals surface area contributed by atoms with Gasteiger partial charge in [0.15, 0.2) is 6.10 Å². The van der Waals surface area contributed by atoms with Crippen LogP contribution < -0.4 is 11.0 Å². The lowest BCUT2D eigenvalue weighted by molar-refractivity contribution is -0.134. The summed E-state index contributed by atoms with van der Waals surface area (Å²) in [6.07, 6.45) is -1.34. The molecule has 0 aliphatic heterocycles. The third-order valence-electron chi connectivity index (χ3n) is 4.05. The van der Waals surface area contributed by atoms with Gasteiger partial charge in [-0.2, -0.15) is 5.48 Å². The highest BCUT2D eigenvalue weighted by Gasteiger charge is 2.22. The van der Waals surface area contributed by atoms with Crippen molar-refractivity contribution in [3.8, 4) is 0 Å². The summed E-state index contributed by atoms with van der Waals surface area (Å²) in [6, 6.07) is 16.7. The van der Waals surface area contributed by atoms with Gasteiger partial charge in [0.1, 0.15) is 0 Å². The van der Waals surface area contributed by atoms with E-state index >= 15 is 0 Å². The molecular formula is C21H26N2O5. The van der Waals surface area contributed by atoms with Crippen molar-refractivity contribution in [3.05, 3.63) is 71.3 Å². The molecule has 2 N–H and O–H groups in total. The molecule has 7 heteroatoms. The average molecular weight is 386 g/mol. The zero-order valence-corrected chi connectivity index (χ0v) is 16.3. The molecule has 2 atom stereocenters. The average Bonchev–Trinajstić information content (AvgIpc) is 2.74. The SMILES string of the molecule is CCONC(=O)OC(c1ccccc1)c1cccc(C(C)C(=O)NOCC)c1. The number of hydroxylamine groups is 2. The summed E-state index contributed by atoms with van der Waals surface area (Å²) in [7, 11) is 0. The molecule has 0 spiro atoms. The van der Waals surface area contributed by atoms with Gasteiger partial charge in [-0.05, 0) is 37.5 Å². The van der Waals surface area contributed by atoms with Crippen LogP contribution in [-0.4, -0.2) is 25.2 Å². The van der Waals surface area contributed by atoms with Gasteiger partial charge in [0.25, 0.3) is 5.91 Å². The fourth-order valence-corrected chi connectivity index (χ4v) is 2.59. The summed E-state index contributed by atoms with van der Waals surface area (Å²) in [5, 5.41) is 0. The van der Waals surface area contributed by atoms with Crippen molar-refractivity contribution in [2.75, 3.05) is 13.2 Å². The molecule has 2 aromatic carbocycles. The number of hydrogen-bond donors (Lipinski definition) is 2. The molecule has 0 saturated heterocycles. The van der Waals surface area contributed by atoms with E-state index in [2.05, 4.69) is 11.0 Å². The van der Waals surface area contributed by atoms with E-state index in [-0.39, 0.29) is 5.91 Å². The van der Waals surface area contributed by atoms with Gasteiger partial charge < -0.3 is 4.74 Å². The minimum absolute atomic E-state index is 0.245. The van der Waals surface area contributed by atoms with E-state index in [0.29, 0.717) is 13.2 Å². The Morgan fingerprint density at radius 3 is 2.14 bits per heavy atom. The van der Waals surface area contributed by atoms with Gasteiger partial charge in [0.2, 0.25) is 0 Å². The molecule has 0 fully saturated rings. The quantitative estimate of drug-likeness (QED) is 0.643. The Labute approximate surface area is 164 Å². The second-order valence-electron chi connectivity index (χ2n) is 6.02. The molecule has 28 heavy (non-hydrogen) atoms. The van der Waals surface area contributed by atoms with Crippen LogP contribution in [0.15, 0.2) is 54.6 Å². The molecule has 0 aromatic heterocycles. The molecule has 0 bridgehead atoms. The van der Waals surface area contributed by atoms with Crippen LogP contribution in [0, 0.1) is 0 Å². The summed E-state index contributed by atoms with van der Waals surface area (Å²) in [6.45, 7) is 6.05. The van der Waals surface area contributed by atoms with E-state index in [1.807, 2.05) is 54.6 Å². The predicted octanol–water partition coefficient (Wildman–Crippen LogP) is 3.62. The normalized spacial score (nSPS) is 12.7. The molecule has 7 nitrogen and oxygen atoms in total. The van der Waals surface area contributed by atoms with E-state index in [1.165, 1.54) is 0 Å². The molecule has 0 heterocycles. The Hall–Kier alpha value is -2.90. The minimum atomic E-state index is -0.691. The van der Waals surface area contributed by atoms with Crippen molar-refractivity contribution in [2.45, 2.75) is 32.8 Å². The monoisotopic (exact) mass is 386 g/mol. The summed E-state index contributed by atoms with van der Waals surface area (Å²) >= 11 is 0. The number of nitrogens with one attached hydrogen (secondary N) is 2. The van der Waals surface area contributed by atoms with Crippen molar-refractivity contribution >= 4 is 12.0 Å². The van der Waals surface area contributed by atoms with E-state index < -0.39 is 18.1 Å². The van der Waals surface area contributed by atoms with E-state index in [1.54, 1.807) is 20.8 Å². The van der Waals surface area contributed by atoms with Crippen LogP contribution in [0.4, 0.5) is 4.79 Å². The topological polar surface area (TPSA) is 85.9 Å². The lowest BCUT2D eigenvalue weighted by atomic mass is 9.94. The van der Waals surface area contributed by atoms with Gasteiger partial charge in [-0.3, -0.25) is 14.5 Å². The van der Waals surface area contributed by atoms with Crippen molar-refractivity contribution in [2.24, 2.45) is 0 Å². The smallest absolute Gasteiger partial charge is 0.432 e. The maximum atomic E-state index is 12.2. The van der Waals surface area contributed by atoms with Crippen molar-refractivity contribution in [1.82, 2.24) is 11.0 Å². The molecule has 150 valence electrons. The minimum Gasteiger partial charge on any atom is -0.435 e. The van der Waals surface area contributed by atoms with E-state index in [9.17, 15) is 9.59 Å². The number of ether oxygens (including phenoxy) is 1. The van der Waals surface area contributed by atoms with E-state index in [4.69, 9.17) is 14.4 Å². The van der Waals surface area contributed by atoms with Crippen LogP contribution >= 0.6 is 0 Å². The standard InChI is InChI=1S/C21H26N2O5/c1-4-26-22-20(24)15(3)17-12-9-13-18(14-17)19(16-10-7-6-8-11-16)28-21(25)23-27-5-2/h6-15,19H,4-5H2,1-3H3,(H,22,24)(H,23,25). The van der Waals surface area contributed by atoms with Gasteiger partial charge in [0, 0.05) is 0 Å². The lowest BCUT2D eigenvalue weighted by Gasteiger charge is -2.20. The first-order chi connectivity index (χ1) is 13.6. The fraction of sp³-hybridized carbons (Fsp3) is 0.333. The van der Waals surface area contributed by atoms with Crippen molar-refractivity contribution < 1.29 is 24.0 Å². The zero-order chi connectivity index (χ0) is 20.4. The first-order valence-electron chi connectivity index (χ1n) is 9.21. The maximum absolute atomic E-state index is 12.2. The Morgan fingerprint density at radius 2 is 1.46 bits per heavy atom. The molecule has 2 unspecified atom stereocenters. The number of rotatable bonds is 9. The highest BCUT2D eigenvalue weighted by atomic mass is 16.7. The molecule has 0 aliphatic carbocycles. The van der Waals surface area contributed by atoms with Crippen LogP contribution in [0.1, 0.15) is 49.5 Å². The van der Waals surface area contributed by atoms with Crippen LogP contribution in [-0.2, 0) is 19.2 Å². The molecule has 2 aromatic rings.